The van der Waals surface area contributed by atoms with Crippen molar-refractivity contribution in [3.8, 4) is 0 Å². The van der Waals surface area contributed by atoms with Gasteiger partial charge in [0.05, 0.1) is 6.61 Å². The number of ether oxygens (including phenoxy) is 1. The molecular formula is C5H9F2O. The number of halogens is 2. The average molecular weight is 123 g/mol. The van der Waals surface area contributed by atoms with E-state index in [1.54, 1.807) is 0 Å². The van der Waals surface area contributed by atoms with Gasteiger partial charge in [-0.25, -0.2) is 0 Å². The first-order valence-corrected chi connectivity index (χ1v) is 2.37. The molecule has 3 heteroatoms. The number of alkyl halides is 2. The second-order valence-electron chi connectivity index (χ2n) is 1.51. The quantitative estimate of drug-likeness (QED) is 0.556. The molecule has 0 aromatic heterocycles. The molecule has 1 radical (unpaired) electrons. The first-order chi connectivity index (χ1) is 3.56. The Kier molecular flexibility index (Phi) is 2.90. The van der Waals surface area contributed by atoms with E-state index in [1.165, 1.54) is 0 Å². The molecule has 0 unspecified atom stereocenters. The van der Waals surface area contributed by atoms with E-state index in [-0.39, 0.29) is 6.61 Å². The van der Waals surface area contributed by atoms with E-state index >= 15 is 0 Å². The second-order valence-corrected chi connectivity index (χ2v) is 1.51. The van der Waals surface area contributed by atoms with Crippen LogP contribution in [0.25, 0.3) is 0 Å². The minimum Gasteiger partial charge on any atom is -0.321 e. The molecule has 0 amide bonds. The molecule has 0 spiro atoms. The molecule has 0 rings (SSSR count). The van der Waals surface area contributed by atoms with Crippen LogP contribution in [0.5, 0.6) is 0 Å². The van der Waals surface area contributed by atoms with Gasteiger partial charge in [-0.1, -0.05) is 6.92 Å². The molecule has 0 fully saturated rings. The van der Waals surface area contributed by atoms with Gasteiger partial charge in [-0.05, 0) is 6.42 Å². The van der Waals surface area contributed by atoms with Crippen molar-refractivity contribution in [1.29, 1.82) is 0 Å². The van der Waals surface area contributed by atoms with Crippen molar-refractivity contribution < 1.29 is 13.5 Å². The van der Waals surface area contributed by atoms with Crippen LogP contribution in [0.1, 0.15) is 13.3 Å². The van der Waals surface area contributed by atoms with Crippen molar-refractivity contribution in [2.75, 3.05) is 6.61 Å². The van der Waals surface area contributed by atoms with Crippen LogP contribution in [0, 0.1) is 6.92 Å². The molecule has 0 aliphatic rings. The summed E-state index contributed by atoms with van der Waals surface area (Å²) < 4.78 is 27.3. The first kappa shape index (κ1) is 7.82. The number of hydrogen-bond acceptors (Lipinski definition) is 1. The third kappa shape index (κ3) is 5.82. The van der Waals surface area contributed by atoms with E-state index < -0.39 is 6.11 Å². The summed E-state index contributed by atoms with van der Waals surface area (Å²) in [7, 11) is 0. The van der Waals surface area contributed by atoms with Crippen molar-refractivity contribution >= 4 is 0 Å². The van der Waals surface area contributed by atoms with E-state index in [0.29, 0.717) is 13.3 Å². The lowest BCUT2D eigenvalue weighted by Gasteiger charge is -2.08. The Bertz CT molecular complexity index is 57.9. The van der Waals surface area contributed by atoms with E-state index in [2.05, 4.69) is 11.7 Å². The van der Waals surface area contributed by atoms with Gasteiger partial charge in [-0.15, -0.1) is 0 Å². The smallest absolute Gasteiger partial charge is 0.321 e. The molecule has 0 bridgehead atoms. The summed E-state index contributed by atoms with van der Waals surface area (Å²) in [4.78, 5) is 0. The van der Waals surface area contributed by atoms with Gasteiger partial charge in [0.15, 0.2) is 0 Å². The largest absolute Gasteiger partial charge is 0.352 e. The highest BCUT2D eigenvalue weighted by Crippen LogP contribution is 2.12. The molecule has 0 aliphatic carbocycles. The van der Waals surface area contributed by atoms with Crippen LogP contribution in [0.2, 0.25) is 0 Å². The Labute approximate surface area is 47.6 Å². The molecule has 0 aromatic carbocycles. The standard InChI is InChI=1S/C5H9F2O/c1-3-4-8-5(2,6)7/h1,3-4H2,2H3. The molecule has 1 nitrogen and oxygen atoms in total. The van der Waals surface area contributed by atoms with Crippen molar-refractivity contribution in [1.82, 2.24) is 0 Å². The van der Waals surface area contributed by atoms with Gasteiger partial charge in [-0.3, -0.25) is 0 Å². The Morgan fingerprint density at radius 3 is 2.25 bits per heavy atom. The Balaban J connectivity index is 3.11. The van der Waals surface area contributed by atoms with Crippen LogP contribution < -0.4 is 0 Å². The Hall–Kier alpha value is -0.180. The van der Waals surface area contributed by atoms with E-state index in [0.717, 1.165) is 0 Å². The average Bonchev–Trinajstić information content (AvgIpc) is 1.59. The maximum atomic E-state index is 11.7. The molecular weight excluding hydrogens is 114 g/mol. The topological polar surface area (TPSA) is 9.23 Å². The summed E-state index contributed by atoms with van der Waals surface area (Å²) in [5.74, 6) is 0. The Morgan fingerprint density at radius 2 is 2.12 bits per heavy atom. The van der Waals surface area contributed by atoms with E-state index in [1.807, 2.05) is 0 Å². The minimum atomic E-state index is -2.99. The van der Waals surface area contributed by atoms with Crippen LogP contribution in [0.15, 0.2) is 0 Å². The molecule has 0 heterocycles. The zero-order valence-electron chi connectivity index (χ0n) is 4.79. The third-order valence-electron chi connectivity index (χ3n) is 0.500. The maximum Gasteiger partial charge on any atom is 0.352 e. The highest BCUT2D eigenvalue weighted by atomic mass is 19.3. The maximum absolute atomic E-state index is 11.7. The molecule has 8 heavy (non-hydrogen) atoms. The lowest BCUT2D eigenvalue weighted by molar-refractivity contribution is -0.223. The zero-order chi connectivity index (χ0) is 6.62. The SMILES string of the molecule is [CH2]CCOC(C)(F)F. The Morgan fingerprint density at radius 1 is 1.62 bits per heavy atom. The summed E-state index contributed by atoms with van der Waals surface area (Å²) in [6.07, 6.45) is -2.61. The van der Waals surface area contributed by atoms with Crippen LogP contribution in [0.4, 0.5) is 8.78 Å². The summed E-state index contributed by atoms with van der Waals surface area (Å²) >= 11 is 0. The normalized spacial score (nSPS) is 12.0. The summed E-state index contributed by atoms with van der Waals surface area (Å²) in [6, 6.07) is 0. The molecule has 49 valence electrons. The predicted molar refractivity (Wildman–Crippen MR) is 26.5 cm³/mol. The lowest BCUT2D eigenvalue weighted by atomic mass is 10.5. The number of hydrogen-bond donors (Lipinski definition) is 0. The predicted octanol–water partition coefficient (Wildman–Crippen LogP) is 1.84. The van der Waals surface area contributed by atoms with Crippen LogP contribution in [-0.4, -0.2) is 12.7 Å². The third-order valence-corrected chi connectivity index (χ3v) is 0.500. The molecule has 0 N–H and O–H groups in total. The molecule has 0 saturated heterocycles. The summed E-state index contributed by atoms with van der Waals surface area (Å²) in [6.45, 7) is 4.06. The van der Waals surface area contributed by atoms with Crippen LogP contribution in [0.3, 0.4) is 0 Å². The number of rotatable bonds is 3. The van der Waals surface area contributed by atoms with Crippen molar-refractivity contribution in [2.45, 2.75) is 19.5 Å². The molecule has 0 saturated carbocycles. The van der Waals surface area contributed by atoms with Crippen molar-refractivity contribution in [3.63, 3.8) is 0 Å². The van der Waals surface area contributed by atoms with Crippen LogP contribution in [-0.2, 0) is 4.74 Å². The van der Waals surface area contributed by atoms with Crippen LogP contribution >= 0.6 is 0 Å². The first-order valence-electron chi connectivity index (χ1n) is 2.37. The molecule has 0 atom stereocenters. The van der Waals surface area contributed by atoms with E-state index in [9.17, 15) is 8.78 Å². The van der Waals surface area contributed by atoms with Gasteiger partial charge in [0.25, 0.3) is 0 Å². The fraction of sp³-hybridized carbons (Fsp3) is 0.800. The second kappa shape index (κ2) is 2.97. The van der Waals surface area contributed by atoms with Crippen molar-refractivity contribution in [3.05, 3.63) is 6.92 Å². The zero-order valence-corrected chi connectivity index (χ0v) is 4.79. The fourth-order valence-electron chi connectivity index (χ4n) is 0.251. The van der Waals surface area contributed by atoms with Gasteiger partial charge in [0, 0.05) is 6.92 Å². The summed E-state index contributed by atoms with van der Waals surface area (Å²) in [5.41, 5.74) is 0. The highest BCUT2D eigenvalue weighted by Gasteiger charge is 2.19. The molecule has 0 aliphatic heterocycles. The van der Waals surface area contributed by atoms with Gasteiger partial charge in [0.1, 0.15) is 0 Å². The van der Waals surface area contributed by atoms with Gasteiger partial charge in [-0.2, -0.15) is 8.78 Å². The van der Waals surface area contributed by atoms with Gasteiger partial charge >= 0.3 is 6.11 Å². The van der Waals surface area contributed by atoms with Gasteiger partial charge < -0.3 is 4.74 Å². The molecule has 0 aromatic rings. The summed E-state index contributed by atoms with van der Waals surface area (Å²) in [5, 5.41) is 0. The highest BCUT2D eigenvalue weighted by molar-refractivity contribution is 4.41. The van der Waals surface area contributed by atoms with Crippen molar-refractivity contribution in [2.24, 2.45) is 0 Å². The van der Waals surface area contributed by atoms with E-state index in [4.69, 9.17) is 0 Å². The minimum absolute atomic E-state index is 0.0174. The monoisotopic (exact) mass is 123 g/mol. The lowest BCUT2D eigenvalue weighted by Crippen LogP contribution is -2.15. The fourth-order valence-corrected chi connectivity index (χ4v) is 0.251. The van der Waals surface area contributed by atoms with Gasteiger partial charge in [0.2, 0.25) is 0 Å².